The molecule has 0 bridgehead atoms. The van der Waals surface area contributed by atoms with Crippen LogP contribution in [-0.4, -0.2) is 68.4 Å². The first-order valence-corrected chi connectivity index (χ1v) is 6.19. The molecule has 1 aromatic rings. The summed E-state index contributed by atoms with van der Waals surface area (Å²) in [6.07, 6.45) is 1.99. The van der Waals surface area contributed by atoms with Gasteiger partial charge in [0.15, 0.2) is 0 Å². The zero-order valence-corrected chi connectivity index (χ0v) is 11.3. The Bertz CT molecular complexity index is 384. The number of nitrogens with one attached hydrogen (secondary N) is 1. The summed E-state index contributed by atoms with van der Waals surface area (Å²) < 4.78 is 5.69. The van der Waals surface area contributed by atoms with Crippen LogP contribution in [-0.2, 0) is 4.74 Å². The van der Waals surface area contributed by atoms with Crippen LogP contribution in [0.2, 0.25) is 0 Å². The zero-order chi connectivity index (χ0) is 13.0. The molecule has 1 aliphatic heterocycles. The van der Waals surface area contributed by atoms with Gasteiger partial charge in [0.1, 0.15) is 5.82 Å². The van der Waals surface area contributed by atoms with E-state index in [0.717, 1.165) is 32.1 Å². The van der Waals surface area contributed by atoms with E-state index in [0.29, 0.717) is 5.95 Å². The minimum Gasteiger partial charge on any atom is -0.374 e. The van der Waals surface area contributed by atoms with Crippen molar-refractivity contribution in [2.75, 3.05) is 57.6 Å². The Morgan fingerprint density at radius 2 is 2.39 bits per heavy atom. The Hall–Kier alpha value is -1.40. The van der Waals surface area contributed by atoms with Crippen molar-refractivity contribution in [3.8, 4) is 0 Å². The highest BCUT2D eigenvalue weighted by molar-refractivity contribution is 5.40. The van der Waals surface area contributed by atoms with Gasteiger partial charge in [0, 0.05) is 39.9 Å². The maximum Gasteiger partial charge on any atom is 0.226 e. The monoisotopic (exact) mass is 251 g/mol. The SMILES string of the molecule is CN1CCOC(CNc2ccnc(N(C)C)n2)C1. The van der Waals surface area contributed by atoms with Crippen LogP contribution in [0.5, 0.6) is 0 Å². The molecule has 1 fully saturated rings. The maximum absolute atomic E-state index is 5.69. The van der Waals surface area contributed by atoms with E-state index < -0.39 is 0 Å². The number of anilines is 2. The molecular weight excluding hydrogens is 230 g/mol. The molecule has 18 heavy (non-hydrogen) atoms. The summed E-state index contributed by atoms with van der Waals surface area (Å²) in [5.74, 6) is 1.55. The average Bonchev–Trinajstić information content (AvgIpc) is 2.37. The molecule has 1 unspecified atom stereocenters. The van der Waals surface area contributed by atoms with Crippen molar-refractivity contribution >= 4 is 11.8 Å². The van der Waals surface area contributed by atoms with Crippen molar-refractivity contribution in [2.24, 2.45) is 0 Å². The molecule has 6 heteroatoms. The zero-order valence-electron chi connectivity index (χ0n) is 11.3. The van der Waals surface area contributed by atoms with Crippen LogP contribution in [0.1, 0.15) is 0 Å². The quantitative estimate of drug-likeness (QED) is 0.830. The molecule has 0 aromatic carbocycles. The summed E-state index contributed by atoms with van der Waals surface area (Å²) in [6, 6.07) is 1.87. The number of morpholine rings is 1. The van der Waals surface area contributed by atoms with Gasteiger partial charge in [0.25, 0.3) is 0 Å². The lowest BCUT2D eigenvalue weighted by Crippen LogP contribution is -2.43. The summed E-state index contributed by atoms with van der Waals surface area (Å²) in [7, 11) is 5.97. The maximum atomic E-state index is 5.69. The first-order chi connectivity index (χ1) is 8.65. The molecular formula is C12H21N5O. The van der Waals surface area contributed by atoms with E-state index in [1.807, 2.05) is 25.1 Å². The normalized spacial score (nSPS) is 20.7. The van der Waals surface area contributed by atoms with Gasteiger partial charge in [-0.05, 0) is 13.1 Å². The van der Waals surface area contributed by atoms with Gasteiger partial charge >= 0.3 is 0 Å². The van der Waals surface area contributed by atoms with E-state index in [2.05, 4.69) is 27.2 Å². The number of likely N-dealkylation sites (N-methyl/N-ethyl adjacent to an activating group) is 1. The number of nitrogens with zero attached hydrogens (tertiary/aromatic N) is 4. The third-order valence-corrected chi connectivity index (χ3v) is 2.90. The standard InChI is InChI=1S/C12H21N5O/c1-16(2)12-13-5-4-11(15-12)14-8-10-9-17(3)6-7-18-10/h4-5,10H,6-9H2,1-3H3,(H,13,14,15). The molecule has 1 N–H and O–H groups in total. The minimum atomic E-state index is 0.224. The Morgan fingerprint density at radius 1 is 1.56 bits per heavy atom. The third-order valence-electron chi connectivity index (χ3n) is 2.90. The lowest BCUT2D eigenvalue weighted by Gasteiger charge is -2.30. The second-order valence-corrected chi connectivity index (χ2v) is 4.77. The molecule has 1 atom stereocenters. The van der Waals surface area contributed by atoms with E-state index >= 15 is 0 Å². The fraction of sp³-hybridized carbons (Fsp3) is 0.667. The van der Waals surface area contributed by atoms with Gasteiger partial charge in [-0.2, -0.15) is 4.98 Å². The predicted octanol–water partition coefficient (Wildman–Crippen LogP) is 0.285. The van der Waals surface area contributed by atoms with Crippen molar-refractivity contribution in [3.63, 3.8) is 0 Å². The van der Waals surface area contributed by atoms with Crippen molar-refractivity contribution in [1.82, 2.24) is 14.9 Å². The van der Waals surface area contributed by atoms with Gasteiger partial charge < -0.3 is 19.9 Å². The van der Waals surface area contributed by atoms with E-state index in [-0.39, 0.29) is 6.10 Å². The lowest BCUT2D eigenvalue weighted by atomic mass is 10.3. The van der Waals surface area contributed by atoms with Gasteiger partial charge in [0.05, 0.1) is 12.7 Å². The van der Waals surface area contributed by atoms with Gasteiger partial charge in [-0.25, -0.2) is 4.98 Å². The van der Waals surface area contributed by atoms with Gasteiger partial charge in [-0.1, -0.05) is 0 Å². The van der Waals surface area contributed by atoms with E-state index in [1.165, 1.54) is 0 Å². The number of hydrogen-bond acceptors (Lipinski definition) is 6. The third kappa shape index (κ3) is 3.54. The summed E-state index contributed by atoms with van der Waals surface area (Å²) in [6.45, 7) is 3.54. The fourth-order valence-corrected chi connectivity index (χ4v) is 1.87. The molecule has 0 aliphatic carbocycles. The van der Waals surface area contributed by atoms with Crippen molar-refractivity contribution < 1.29 is 4.74 Å². The summed E-state index contributed by atoms with van der Waals surface area (Å²) >= 11 is 0. The summed E-state index contributed by atoms with van der Waals surface area (Å²) in [5.41, 5.74) is 0. The van der Waals surface area contributed by atoms with Crippen LogP contribution in [0.3, 0.4) is 0 Å². The van der Waals surface area contributed by atoms with Crippen LogP contribution in [0.15, 0.2) is 12.3 Å². The highest BCUT2D eigenvalue weighted by Crippen LogP contribution is 2.09. The molecule has 0 saturated carbocycles. The molecule has 0 amide bonds. The first kappa shape index (κ1) is 13.0. The molecule has 2 rings (SSSR count). The molecule has 1 saturated heterocycles. The van der Waals surface area contributed by atoms with Gasteiger partial charge in [-0.15, -0.1) is 0 Å². The minimum absolute atomic E-state index is 0.224. The Kier molecular flexibility index (Phi) is 4.33. The van der Waals surface area contributed by atoms with E-state index in [1.54, 1.807) is 6.20 Å². The Labute approximate surface area is 108 Å². The molecule has 1 aromatic heterocycles. The Balaban J connectivity index is 1.87. The molecule has 2 heterocycles. The van der Waals surface area contributed by atoms with Gasteiger partial charge in [-0.3, -0.25) is 0 Å². The van der Waals surface area contributed by atoms with Crippen molar-refractivity contribution in [1.29, 1.82) is 0 Å². The molecule has 1 aliphatic rings. The molecule has 0 radical (unpaired) electrons. The highest BCUT2D eigenvalue weighted by atomic mass is 16.5. The molecule has 100 valence electrons. The lowest BCUT2D eigenvalue weighted by molar-refractivity contribution is -0.0117. The molecule has 0 spiro atoms. The number of ether oxygens (including phenoxy) is 1. The smallest absolute Gasteiger partial charge is 0.226 e. The van der Waals surface area contributed by atoms with Gasteiger partial charge in [0.2, 0.25) is 5.95 Å². The van der Waals surface area contributed by atoms with Crippen LogP contribution >= 0.6 is 0 Å². The largest absolute Gasteiger partial charge is 0.374 e. The number of hydrogen-bond donors (Lipinski definition) is 1. The highest BCUT2D eigenvalue weighted by Gasteiger charge is 2.17. The summed E-state index contributed by atoms with van der Waals surface area (Å²) in [5, 5.41) is 3.30. The number of rotatable bonds is 4. The summed E-state index contributed by atoms with van der Waals surface area (Å²) in [4.78, 5) is 12.8. The Morgan fingerprint density at radius 3 is 3.11 bits per heavy atom. The average molecular weight is 251 g/mol. The second-order valence-electron chi connectivity index (χ2n) is 4.77. The van der Waals surface area contributed by atoms with E-state index in [4.69, 9.17) is 4.74 Å². The predicted molar refractivity (Wildman–Crippen MR) is 72.1 cm³/mol. The van der Waals surface area contributed by atoms with Crippen LogP contribution in [0.25, 0.3) is 0 Å². The second kappa shape index (κ2) is 5.97. The first-order valence-electron chi connectivity index (χ1n) is 6.19. The number of aromatic nitrogens is 2. The van der Waals surface area contributed by atoms with E-state index in [9.17, 15) is 0 Å². The fourth-order valence-electron chi connectivity index (χ4n) is 1.87. The van der Waals surface area contributed by atoms with Crippen molar-refractivity contribution in [3.05, 3.63) is 12.3 Å². The van der Waals surface area contributed by atoms with Crippen molar-refractivity contribution in [2.45, 2.75) is 6.10 Å². The van der Waals surface area contributed by atoms with Crippen LogP contribution in [0.4, 0.5) is 11.8 Å². The van der Waals surface area contributed by atoms with Crippen LogP contribution in [0, 0.1) is 0 Å². The molecule has 6 nitrogen and oxygen atoms in total. The topological polar surface area (TPSA) is 53.5 Å². The van der Waals surface area contributed by atoms with Crippen LogP contribution < -0.4 is 10.2 Å².